The molecule has 0 bridgehead atoms. The van der Waals surface area contributed by atoms with Gasteiger partial charge < -0.3 is 9.64 Å². The summed E-state index contributed by atoms with van der Waals surface area (Å²) in [7, 11) is 0. The predicted molar refractivity (Wildman–Crippen MR) is 81.5 cm³/mol. The van der Waals surface area contributed by atoms with Gasteiger partial charge in [-0.15, -0.1) is 12.4 Å². The molecule has 4 nitrogen and oxygen atoms in total. The van der Waals surface area contributed by atoms with Crippen molar-refractivity contribution in [3.8, 4) is 0 Å². The Hall–Kier alpha value is -0.970. The highest BCUT2D eigenvalue weighted by Gasteiger charge is 2.05. The first-order valence-electron chi connectivity index (χ1n) is 6.07. The number of carbonyl (C=O) groups excluding carboxylic acids is 1. The van der Waals surface area contributed by atoms with Gasteiger partial charge in [0, 0.05) is 17.3 Å². The highest BCUT2D eigenvalue weighted by Crippen LogP contribution is 2.14. The van der Waals surface area contributed by atoms with Crippen molar-refractivity contribution in [2.75, 3.05) is 31.6 Å². The van der Waals surface area contributed by atoms with E-state index in [1.54, 1.807) is 24.3 Å². The van der Waals surface area contributed by atoms with Gasteiger partial charge in [0.25, 0.3) is 0 Å². The minimum Gasteiger partial charge on any atom is -0.448 e. The van der Waals surface area contributed by atoms with E-state index in [9.17, 15) is 4.79 Å². The molecule has 0 atom stereocenters. The fourth-order valence-electron chi connectivity index (χ4n) is 1.53. The Labute approximate surface area is 125 Å². The zero-order valence-corrected chi connectivity index (χ0v) is 12.8. The van der Waals surface area contributed by atoms with Crippen LogP contribution in [0.4, 0.5) is 10.5 Å². The van der Waals surface area contributed by atoms with E-state index in [2.05, 4.69) is 24.1 Å². The molecule has 0 spiro atoms. The van der Waals surface area contributed by atoms with Crippen molar-refractivity contribution < 1.29 is 9.53 Å². The Balaban J connectivity index is 0.00000324. The molecule has 0 unspecified atom stereocenters. The Morgan fingerprint density at radius 2 is 2.05 bits per heavy atom. The summed E-state index contributed by atoms with van der Waals surface area (Å²) in [6, 6.07) is 6.96. The third-order valence-corrected chi connectivity index (χ3v) is 2.84. The third kappa shape index (κ3) is 7.25. The van der Waals surface area contributed by atoms with E-state index in [4.69, 9.17) is 16.3 Å². The maximum Gasteiger partial charge on any atom is 0.411 e. The molecule has 0 aliphatic rings. The summed E-state index contributed by atoms with van der Waals surface area (Å²) < 4.78 is 5.09. The van der Waals surface area contributed by atoms with Crippen LogP contribution in [-0.2, 0) is 4.74 Å². The van der Waals surface area contributed by atoms with Crippen molar-refractivity contribution in [2.45, 2.75) is 13.8 Å². The summed E-state index contributed by atoms with van der Waals surface area (Å²) in [5, 5.41) is 3.21. The zero-order chi connectivity index (χ0) is 13.4. The molecule has 0 saturated carbocycles. The molecule has 1 rings (SSSR count). The van der Waals surface area contributed by atoms with Crippen LogP contribution in [0.1, 0.15) is 13.8 Å². The minimum absolute atomic E-state index is 0. The van der Waals surface area contributed by atoms with Crippen molar-refractivity contribution >= 4 is 35.8 Å². The molecule has 0 aliphatic carbocycles. The Bertz CT molecular complexity index is 385. The maximum absolute atomic E-state index is 11.5. The van der Waals surface area contributed by atoms with Gasteiger partial charge in [0.05, 0.1) is 0 Å². The highest BCUT2D eigenvalue weighted by molar-refractivity contribution is 6.30. The molecule has 0 radical (unpaired) electrons. The zero-order valence-electron chi connectivity index (χ0n) is 11.2. The van der Waals surface area contributed by atoms with Crippen molar-refractivity contribution in [1.82, 2.24) is 4.90 Å². The van der Waals surface area contributed by atoms with Crippen LogP contribution in [0.25, 0.3) is 0 Å². The van der Waals surface area contributed by atoms with E-state index < -0.39 is 6.09 Å². The largest absolute Gasteiger partial charge is 0.448 e. The maximum atomic E-state index is 11.5. The second kappa shape index (κ2) is 9.89. The number of anilines is 1. The van der Waals surface area contributed by atoms with Crippen LogP contribution in [-0.4, -0.2) is 37.2 Å². The first kappa shape index (κ1) is 18.0. The van der Waals surface area contributed by atoms with Gasteiger partial charge in [0.1, 0.15) is 6.61 Å². The lowest BCUT2D eigenvalue weighted by molar-refractivity contribution is 0.142. The van der Waals surface area contributed by atoms with Gasteiger partial charge in [0.2, 0.25) is 0 Å². The predicted octanol–water partition coefficient (Wildman–Crippen LogP) is 3.65. The number of carbonyl (C=O) groups is 1. The van der Waals surface area contributed by atoms with E-state index in [1.165, 1.54) is 0 Å². The minimum atomic E-state index is -0.454. The van der Waals surface area contributed by atoms with Gasteiger partial charge in [-0.05, 0) is 31.3 Å². The normalized spacial score (nSPS) is 9.89. The van der Waals surface area contributed by atoms with Crippen molar-refractivity contribution in [3.05, 3.63) is 29.3 Å². The smallest absolute Gasteiger partial charge is 0.411 e. The summed E-state index contributed by atoms with van der Waals surface area (Å²) in [5.74, 6) is 0. The molecule has 1 amide bonds. The van der Waals surface area contributed by atoms with Gasteiger partial charge >= 0.3 is 6.09 Å². The van der Waals surface area contributed by atoms with Gasteiger partial charge in [-0.3, -0.25) is 5.32 Å². The number of halogens is 2. The van der Waals surface area contributed by atoms with Crippen LogP contribution in [0.5, 0.6) is 0 Å². The van der Waals surface area contributed by atoms with E-state index in [-0.39, 0.29) is 12.4 Å². The number of hydrogen-bond donors (Lipinski definition) is 1. The SMILES string of the molecule is CCN(CC)CCOC(=O)Nc1cccc(Cl)c1.Cl. The molecule has 0 heterocycles. The average molecular weight is 307 g/mol. The Morgan fingerprint density at radius 1 is 1.37 bits per heavy atom. The van der Waals surface area contributed by atoms with Gasteiger partial charge in [-0.1, -0.05) is 31.5 Å². The van der Waals surface area contributed by atoms with E-state index in [0.717, 1.165) is 19.6 Å². The summed E-state index contributed by atoms with van der Waals surface area (Å²) >= 11 is 5.81. The number of ether oxygens (including phenoxy) is 1. The topological polar surface area (TPSA) is 41.6 Å². The number of benzene rings is 1. The summed E-state index contributed by atoms with van der Waals surface area (Å²) in [4.78, 5) is 13.7. The first-order chi connectivity index (χ1) is 8.65. The highest BCUT2D eigenvalue weighted by atomic mass is 35.5. The molecule has 1 N–H and O–H groups in total. The number of amides is 1. The van der Waals surface area contributed by atoms with Crippen LogP contribution in [0.2, 0.25) is 5.02 Å². The third-order valence-electron chi connectivity index (χ3n) is 2.61. The van der Waals surface area contributed by atoms with Gasteiger partial charge in [-0.2, -0.15) is 0 Å². The molecule has 6 heteroatoms. The molecule has 108 valence electrons. The molecule has 0 saturated heterocycles. The van der Waals surface area contributed by atoms with Crippen molar-refractivity contribution in [1.29, 1.82) is 0 Å². The van der Waals surface area contributed by atoms with E-state index in [0.29, 0.717) is 17.3 Å². The average Bonchev–Trinajstić information content (AvgIpc) is 2.34. The lowest BCUT2D eigenvalue weighted by Gasteiger charge is -2.17. The molecule has 19 heavy (non-hydrogen) atoms. The number of rotatable bonds is 6. The number of likely N-dealkylation sites (N-methyl/N-ethyl adjacent to an activating group) is 1. The molecular weight excluding hydrogens is 287 g/mol. The van der Waals surface area contributed by atoms with E-state index >= 15 is 0 Å². The van der Waals surface area contributed by atoms with Crippen LogP contribution in [0.3, 0.4) is 0 Å². The Morgan fingerprint density at radius 3 is 2.63 bits per heavy atom. The molecular formula is C13H20Cl2N2O2. The summed E-state index contributed by atoms with van der Waals surface area (Å²) in [5.41, 5.74) is 0.635. The fourth-order valence-corrected chi connectivity index (χ4v) is 1.72. The second-order valence-corrected chi connectivity index (χ2v) is 4.23. The molecule has 0 aromatic heterocycles. The number of hydrogen-bond acceptors (Lipinski definition) is 3. The molecule has 1 aromatic carbocycles. The van der Waals surface area contributed by atoms with Crippen LogP contribution < -0.4 is 5.32 Å². The fraction of sp³-hybridized carbons (Fsp3) is 0.462. The monoisotopic (exact) mass is 306 g/mol. The Kier molecular flexibility index (Phi) is 9.39. The quantitative estimate of drug-likeness (QED) is 0.872. The number of nitrogens with zero attached hydrogens (tertiary/aromatic N) is 1. The van der Waals surface area contributed by atoms with Crippen molar-refractivity contribution in [3.63, 3.8) is 0 Å². The first-order valence-corrected chi connectivity index (χ1v) is 6.45. The standard InChI is InChI=1S/C13H19ClN2O2.ClH/c1-3-16(4-2)8-9-18-13(17)15-12-7-5-6-11(14)10-12;/h5-7,10H,3-4,8-9H2,1-2H3,(H,15,17);1H. The van der Waals surface area contributed by atoms with Crippen LogP contribution in [0, 0.1) is 0 Å². The van der Waals surface area contributed by atoms with Crippen LogP contribution >= 0.6 is 24.0 Å². The summed E-state index contributed by atoms with van der Waals surface area (Å²) in [6.45, 7) is 7.20. The molecule has 1 aromatic rings. The number of nitrogens with one attached hydrogen (secondary N) is 1. The lowest BCUT2D eigenvalue weighted by Crippen LogP contribution is -2.28. The van der Waals surface area contributed by atoms with Gasteiger partial charge in [0.15, 0.2) is 0 Å². The lowest BCUT2D eigenvalue weighted by atomic mass is 10.3. The second-order valence-electron chi connectivity index (χ2n) is 3.80. The molecule has 0 aliphatic heterocycles. The van der Waals surface area contributed by atoms with Crippen molar-refractivity contribution in [2.24, 2.45) is 0 Å². The van der Waals surface area contributed by atoms with Gasteiger partial charge in [-0.25, -0.2) is 4.79 Å². The molecule has 0 fully saturated rings. The van der Waals surface area contributed by atoms with Crippen LogP contribution in [0.15, 0.2) is 24.3 Å². The van der Waals surface area contributed by atoms with E-state index in [1.807, 2.05) is 0 Å². The summed E-state index contributed by atoms with van der Waals surface area (Å²) in [6.07, 6.45) is -0.454.